The average molecular weight is 546 g/mol. The number of aliphatic imine (C=N–C) groups is 1. The van der Waals surface area contributed by atoms with E-state index in [0.717, 1.165) is 17.3 Å². The molecule has 10 nitrogen and oxygen atoms in total. The number of pyridine rings is 1. The molecule has 0 aliphatic heterocycles. The van der Waals surface area contributed by atoms with Crippen LogP contribution in [0.2, 0.25) is 0 Å². The number of rotatable bonds is 10. The maximum Gasteiger partial charge on any atom is 0.320 e. The SMILES string of the molecule is COc1cc(-c2cc(-c3ccccc3)nc(SC/C([O-])=N\c3c[n+](C(C)C)no3)c2C#N)cc(OC)c1OC. The number of benzene rings is 2. The quantitative estimate of drug-likeness (QED) is 0.124. The summed E-state index contributed by atoms with van der Waals surface area (Å²) in [4.78, 5) is 8.74. The Balaban J connectivity index is 1.79. The maximum atomic E-state index is 12.7. The van der Waals surface area contributed by atoms with Crippen molar-refractivity contribution in [2.75, 3.05) is 27.1 Å². The average Bonchev–Trinajstić information content (AvgIpc) is 3.43. The number of nitriles is 1. The van der Waals surface area contributed by atoms with E-state index < -0.39 is 5.90 Å². The lowest BCUT2D eigenvalue weighted by atomic mass is 9.98. The maximum absolute atomic E-state index is 12.7. The highest BCUT2D eigenvalue weighted by Crippen LogP contribution is 2.43. The van der Waals surface area contributed by atoms with Crippen LogP contribution in [0.3, 0.4) is 0 Å². The monoisotopic (exact) mass is 545 g/mol. The van der Waals surface area contributed by atoms with Crippen molar-refractivity contribution in [1.82, 2.24) is 10.3 Å². The Hall–Kier alpha value is -4.56. The van der Waals surface area contributed by atoms with E-state index in [1.807, 2.05) is 50.2 Å². The van der Waals surface area contributed by atoms with Crippen LogP contribution in [-0.2, 0) is 0 Å². The Labute approximate surface area is 230 Å². The van der Waals surface area contributed by atoms with Gasteiger partial charge in [-0.15, -0.1) is 0 Å². The highest BCUT2D eigenvalue weighted by atomic mass is 32.2. The molecular formula is C28H27N5O5S. The van der Waals surface area contributed by atoms with Gasteiger partial charge in [0.15, 0.2) is 17.5 Å². The molecule has 0 aliphatic carbocycles. The molecule has 39 heavy (non-hydrogen) atoms. The standard InChI is InChI=1S/C28H27N5O5S/c1-17(2)33-15-26(38-32-33)31-25(34)16-39-28-21(14-29)20(13-22(30-28)18-9-7-6-8-10-18)19-11-23(35-3)27(37-5)24(12-19)36-4/h6-13,15,17H,16H2,1-5H3. The third kappa shape index (κ3) is 6.13. The minimum atomic E-state index is -0.447. The van der Waals surface area contributed by atoms with Gasteiger partial charge in [-0.2, -0.15) is 5.26 Å². The van der Waals surface area contributed by atoms with Gasteiger partial charge in [0.1, 0.15) is 11.1 Å². The van der Waals surface area contributed by atoms with Crippen LogP contribution >= 0.6 is 11.8 Å². The zero-order valence-corrected chi connectivity index (χ0v) is 23.0. The van der Waals surface area contributed by atoms with E-state index in [1.165, 1.54) is 21.3 Å². The summed E-state index contributed by atoms with van der Waals surface area (Å²) in [5, 5.41) is 27.1. The predicted molar refractivity (Wildman–Crippen MR) is 144 cm³/mol. The molecule has 11 heteroatoms. The van der Waals surface area contributed by atoms with Gasteiger partial charge in [0.2, 0.25) is 11.0 Å². The fourth-order valence-corrected chi connectivity index (χ4v) is 4.57. The summed E-state index contributed by atoms with van der Waals surface area (Å²) in [5.41, 5.74) is 3.06. The van der Waals surface area contributed by atoms with Crippen LogP contribution < -0.4 is 24.0 Å². The van der Waals surface area contributed by atoms with Crippen molar-refractivity contribution < 1.29 is 28.5 Å². The van der Waals surface area contributed by atoms with Crippen LogP contribution in [0.25, 0.3) is 22.4 Å². The molecule has 2 aromatic carbocycles. The minimum Gasteiger partial charge on any atom is -0.861 e. The van der Waals surface area contributed by atoms with E-state index in [0.29, 0.717) is 44.7 Å². The summed E-state index contributed by atoms with van der Waals surface area (Å²) >= 11 is 1.12. The second-order valence-electron chi connectivity index (χ2n) is 8.54. The number of thioether (sulfide) groups is 1. The number of hydrogen-bond acceptors (Lipinski definition) is 10. The molecule has 0 N–H and O–H groups in total. The van der Waals surface area contributed by atoms with Gasteiger partial charge in [0, 0.05) is 16.9 Å². The molecule has 0 amide bonds. The Kier molecular flexibility index (Phi) is 8.68. The molecule has 2 aromatic heterocycles. The molecule has 0 saturated heterocycles. The van der Waals surface area contributed by atoms with Gasteiger partial charge in [0.05, 0.1) is 32.6 Å². The molecule has 0 saturated carbocycles. The molecular weight excluding hydrogens is 518 g/mol. The van der Waals surface area contributed by atoms with Crippen LogP contribution in [0.1, 0.15) is 25.5 Å². The van der Waals surface area contributed by atoms with Crippen LogP contribution in [0, 0.1) is 11.3 Å². The lowest BCUT2D eigenvalue weighted by Gasteiger charge is -2.17. The van der Waals surface area contributed by atoms with Gasteiger partial charge in [-0.3, -0.25) is 4.52 Å². The van der Waals surface area contributed by atoms with Crippen LogP contribution in [-0.4, -0.2) is 43.2 Å². The Morgan fingerprint density at radius 1 is 1.08 bits per heavy atom. The number of methoxy groups -OCH3 is 3. The third-order valence-corrected chi connectivity index (χ3v) is 6.67. The molecule has 0 spiro atoms. The van der Waals surface area contributed by atoms with Gasteiger partial charge < -0.3 is 19.3 Å². The van der Waals surface area contributed by atoms with E-state index in [4.69, 9.17) is 23.7 Å². The van der Waals surface area contributed by atoms with Crippen LogP contribution in [0.5, 0.6) is 17.2 Å². The first-order valence-corrected chi connectivity index (χ1v) is 12.9. The van der Waals surface area contributed by atoms with Crippen molar-refractivity contribution in [1.29, 1.82) is 5.26 Å². The summed E-state index contributed by atoms with van der Waals surface area (Å²) in [6.45, 7) is 3.87. The summed E-state index contributed by atoms with van der Waals surface area (Å²) in [5.74, 6) is 0.936. The van der Waals surface area contributed by atoms with E-state index in [2.05, 4.69) is 16.3 Å². The highest BCUT2D eigenvalue weighted by Gasteiger charge is 2.20. The number of hydrogen-bond donors (Lipinski definition) is 0. The van der Waals surface area contributed by atoms with E-state index >= 15 is 0 Å². The van der Waals surface area contributed by atoms with Crippen LogP contribution in [0.15, 0.2) is 69.3 Å². The Morgan fingerprint density at radius 3 is 2.33 bits per heavy atom. The zero-order valence-electron chi connectivity index (χ0n) is 22.2. The second-order valence-corrected chi connectivity index (χ2v) is 9.50. The first kappa shape index (κ1) is 27.5. The molecule has 0 bridgehead atoms. The van der Waals surface area contributed by atoms with Crippen molar-refractivity contribution >= 4 is 23.5 Å². The number of nitrogens with zero attached hydrogens (tertiary/aromatic N) is 5. The molecule has 0 aliphatic rings. The van der Waals surface area contributed by atoms with Gasteiger partial charge in [-0.1, -0.05) is 42.1 Å². The molecule has 4 aromatic rings. The number of aromatic nitrogens is 3. The first-order valence-electron chi connectivity index (χ1n) is 11.9. The molecule has 0 fully saturated rings. The summed E-state index contributed by atoms with van der Waals surface area (Å²) < 4.78 is 23.2. The largest absolute Gasteiger partial charge is 0.861 e. The molecule has 200 valence electrons. The Morgan fingerprint density at radius 2 is 1.77 bits per heavy atom. The third-order valence-electron chi connectivity index (χ3n) is 5.71. The zero-order chi connectivity index (χ0) is 27.9. The van der Waals surface area contributed by atoms with Crippen molar-refractivity contribution in [2.45, 2.75) is 24.9 Å². The lowest BCUT2D eigenvalue weighted by molar-refractivity contribution is -0.779. The molecule has 0 unspecified atom stereocenters. The van der Waals surface area contributed by atoms with E-state index in [-0.39, 0.29) is 17.7 Å². The van der Waals surface area contributed by atoms with E-state index in [9.17, 15) is 10.4 Å². The van der Waals surface area contributed by atoms with Crippen molar-refractivity contribution in [2.24, 2.45) is 4.99 Å². The van der Waals surface area contributed by atoms with Gasteiger partial charge in [-0.25, -0.2) is 9.98 Å². The minimum absolute atomic E-state index is 0.0585. The van der Waals surface area contributed by atoms with Crippen molar-refractivity contribution in [3.05, 3.63) is 60.3 Å². The number of ether oxygens (including phenoxy) is 3. The summed E-state index contributed by atoms with van der Waals surface area (Å²) in [6, 6.07) is 17.3. The molecule has 4 rings (SSSR count). The van der Waals surface area contributed by atoms with Gasteiger partial charge in [-0.05, 0) is 48.2 Å². The summed E-state index contributed by atoms with van der Waals surface area (Å²) in [6.07, 6.45) is 1.56. The van der Waals surface area contributed by atoms with Crippen molar-refractivity contribution in [3.63, 3.8) is 0 Å². The smallest absolute Gasteiger partial charge is 0.320 e. The van der Waals surface area contributed by atoms with Gasteiger partial charge in [0.25, 0.3) is 6.20 Å². The van der Waals surface area contributed by atoms with Crippen molar-refractivity contribution in [3.8, 4) is 45.7 Å². The normalized spacial score (nSPS) is 11.4. The van der Waals surface area contributed by atoms with Crippen LogP contribution in [0.4, 0.5) is 5.88 Å². The fourth-order valence-electron chi connectivity index (χ4n) is 3.78. The van der Waals surface area contributed by atoms with Gasteiger partial charge >= 0.3 is 5.88 Å². The first-order chi connectivity index (χ1) is 18.9. The van der Waals surface area contributed by atoms with E-state index in [1.54, 1.807) is 23.0 Å². The fraction of sp³-hybridized carbons (Fsp3) is 0.250. The predicted octanol–water partition coefficient (Wildman–Crippen LogP) is 4.35. The molecule has 0 atom stereocenters. The topological polar surface area (TPSA) is 130 Å². The second kappa shape index (κ2) is 12.3. The highest BCUT2D eigenvalue weighted by molar-refractivity contribution is 8.00. The Bertz CT molecular complexity index is 1500. The molecule has 2 heterocycles. The summed E-state index contributed by atoms with van der Waals surface area (Å²) in [7, 11) is 4.59. The molecule has 0 radical (unpaired) electrons. The lowest BCUT2D eigenvalue weighted by Crippen LogP contribution is -2.36.